The van der Waals surface area contributed by atoms with E-state index in [2.05, 4.69) is 60.7 Å². The lowest BCUT2D eigenvalue weighted by atomic mass is 9.94. The minimum absolute atomic E-state index is 0.272. The van der Waals surface area contributed by atoms with Crippen molar-refractivity contribution in [3.63, 3.8) is 0 Å². The molecule has 0 fully saturated rings. The minimum Gasteiger partial charge on any atom is -0.351 e. The van der Waals surface area contributed by atoms with Crippen LogP contribution >= 0.6 is 12.2 Å². The quantitative estimate of drug-likeness (QED) is 0.302. The second kappa shape index (κ2) is 10.0. The van der Waals surface area contributed by atoms with Gasteiger partial charge in [0.15, 0.2) is 5.11 Å². The van der Waals surface area contributed by atoms with Crippen LogP contribution in [-0.4, -0.2) is 20.2 Å². The molecule has 3 aromatic carbocycles. The number of allylic oxidation sites excluding steroid dienone is 1. The summed E-state index contributed by atoms with van der Waals surface area (Å²) in [5.74, 6) is 0.650. The average Bonchev–Trinajstić information content (AvgIpc) is 3.37. The van der Waals surface area contributed by atoms with E-state index in [-0.39, 0.29) is 18.4 Å². The maximum Gasteiger partial charge on any atom is 0.258 e. The van der Waals surface area contributed by atoms with Gasteiger partial charge in [0.1, 0.15) is 5.82 Å². The largest absolute Gasteiger partial charge is 0.351 e. The summed E-state index contributed by atoms with van der Waals surface area (Å²) in [6.07, 6.45) is 0.964. The molecule has 1 N–H and O–H groups in total. The molecule has 1 aromatic heterocycles. The van der Waals surface area contributed by atoms with Gasteiger partial charge in [-0.1, -0.05) is 84.4 Å². The highest BCUT2D eigenvalue weighted by molar-refractivity contribution is 7.80. The Morgan fingerprint density at radius 2 is 1.72 bits per heavy atom. The molecule has 5 nitrogen and oxygen atoms in total. The third-order valence-corrected chi connectivity index (χ3v) is 6.91. The predicted molar refractivity (Wildman–Crippen MR) is 143 cm³/mol. The number of benzene rings is 3. The lowest BCUT2D eigenvalue weighted by molar-refractivity contribution is 0.395. The first-order valence-electron chi connectivity index (χ1n) is 12.0. The summed E-state index contributed by atoms with van der Waals surface area (Å²) in [5, 5.41) is 8.22. The molecule has 7 heteroatoms. The van der Waals surface area contributed by atoms with Gasteiger partial charge in [0.25, 0.3) is 5.89 Å². The molecule has 0 bridgehead atoms. The predicted octanol–water partition coefficient (Wildman–Crippen LogP) is 6.61. The molecule has 5 rings (SSSR count). The summed E-state index contributed by atoms with van der Waals surface area (Å²) >= 11 is 5.75. The van der Waals surface area contributed by atoms with Crippen LogP contribution in [0.25, 0.3) is 17.0 Å². The number of aromatic nitrogens is 2. The Bertz CT molecular complexity index is 1430. The van der Waals surface area contributed by atoms with E-state index < -0.39 is 0 Å². The van der Waals surface area contributed by atoms with Crippen molar-refractivity contribution in [1.29, 1.82) is 0 Å². The number of hydrogen-bond acceptors (Lipinski definition) is 4. The van der Waals surface area contributed by atoms with E-state index >= 15 is 0 Å². The first-order valence-corrected chi connectivity index (χ1v) is 12.4. The van der Waals surface area contributed by atoms with Gasteiger partial charge in [-0.05, 0) is 49.7 Å². The molecule has 0 aliphatic carbocycles. The number of nitrogens with zero attached hydrogens (tertiary/aromatic N) is 3. The lowest BCUT2D eigenvalue weighted by Crippen LogP contribution is -2.45. The number of hydrogen-bond donors (Lipinski definition) is 1. The van der Waals surface area contributed by atoms with Gasteiger partial charge in [0.2, 0.25) is 5.82 Å². The van der Waals surface area contributed by atoms with Gasteiger partial charge in [-0.15, -0.1) is 0 Å². The molecule has 1 aliphatic rings. The molecule has 0 amide bonds. The van der Waals surface area contributed by atoms with Crippen LogP contribution in [0, 0.1) is 12.7 Å². The highest BCUT2D eigenvalue weighted by Gasteiger charge is 2.34. The van der Waals surface area contributed by atoms with Crippen molar-refractivity contribution in [3.05, 3.63) is 112 Å². The van der Waals surface area contributed by atoms with Crippen molar-refractivity contribution < 1.29 is 8.91 Å². The zero-order valence-electron chi connectivity index (χ0n) is 20.5. The van der Waals surface area contributed by atoms with E-state index in [0.29, 0.717) is 22.4 Å². The Morgan fingerprint density at radius 3 is 2.42 bits per heavy atom. The second-order valence-corrected chi connectivity index (χ2v) is 9.33. The fourth-order valence-corrected chi connectivity index (χ4v) is 4.71. The maximum atomic E-state index is 14.5. The second-order valence-electron chi connectivity index (χ2n) is 8.94. The topological polar surface area (TPSA) is 54.2 Å². The van der Waals surface area contributed by atoms with E-state index in [1.54, 1.807) is 12.1 Å². The molecular weight excluding hydrogens is 471 g/mol. The summed E-state index contributed by atoms with van der Waals surface area (Å²) in [4.78, 5) is 6.65. The van der Waals surface area contributed by atoms with Crippen molar-refractivity contribution >= 4 is 22.9 Å². The van der Waals surface area contributed by atoms with Gasteiger partial charge in [-0.2, -0.15) is 4.98 Å². The van der Waals surface area contributed by atoms with E-state index in [9.17, 15) is 4.39 Å². The molecular formula is C29H27FN4OS. The number of halogens is 1. The standard InChI is InChI=1S/C29H27FN4OS/c1-4-20-11-15-22(16-12-20)27-32-28(35-33-27)25-19(3)34(17-23-7-5-6-8-24(23)30)29(36)31-26(25)21-13-9-18(2)10-14-21/h5-16,26H,4,17H2,1-3H3,(H,31,36). The summed E-state index contributed by atoms with van der Waals surface area (Å²) in [7, 11) is 0. The van der Waals surface area contributed by atoms with Crippen LogP contribution in [0.2, 0.25) is 0 Å². The zero-order valence-corrected chi connectivity index (χ0v) is 21.3. The zero-order chi connectivity index (χ0) is 25.2. The summed E-state index contributed by atoms with van der Waals surface area (Å²) < 4.78 is 20.3. The molecule has 0 saturated heterocycles. The van der Waals surface area contributed by atoms with Gasteiger partial charge >= 0.3 is 0 Å². The molecule has 0 saturated carbocycles. The van der Waals surface area contributed by atoms with Crippen LogP contribution in [0.1, 0.15) is 48.0 Å². The fourth-order valence-electron chi connectivity index (χ4n) is 4.39. The average molecular weight is 499 g/mol. The van der Waals surface area contributed by atoms with Crippen molar-refractivity contribution in [2.45, 2.75) is 39.8 Å². The van der Waals surface area contributed by atoms with Crippen molar-refractivity contribution in [2.75, 3.05) is 0 Å². The summed E-state index contributed by atoms with van der Waals surface area (Å²) in [6, 6.07) is 22.8. The van der Waals surface area contributed by atoms with Crippen molar-refractivity contribution in [1.82, 2.24) is 20.4 Å². The van der Waals surface area contributed by atoms with Gasteiger partial charge < -0.3 is 14.7 Å². The van der Waals surface area contributed by atoms with Crippen LogP contribution < -0.4 is 5.32 Å². The van der Waals surface area contributed by atoms with Gasteiger partial charge in [-0.25, -0.2) is 4.39 Å². The summed E-state index contributed by atoms with van der Waals surface area (Å²) in [6.45, 7) is 6.42. The van der Waals surface area contributed by atoms with Crippen LogP contribution in [0.15, 0.2) is 83.0 Å². The maximum absolute atomic E-state index is 14.5. The lowest BCUT2D eigenvalue weighted by Gasteiger charge is -2.37. The van der Waals surface area contributed by atoms with Gasteiger partial charge in [0.05, 0.1) is 18.2 Å². The summed E-state index contributed by atoms with van der Waals surface area (Å²) in [5.41, 5.74) is 6.52. The Balaban J connectivity index is 1.58. The van der Waals surface area contributed by atoms with E-state index in [0.717, 1.165) is 34.4 Å². The Kier molecular flexibility index (Phi) is 6.65. The molecule has 36 heavy (non-hydrogen) atoms. The molecule has 1 atom stereocenters. The third-order valence-electron chi connectivity index (χ3n) is 6.57. The number of rotatable bonds is 6. The highest BCUT2D eigenvalue weighted by atomic mass is 32.1. The van der Waals surface area contributed by atoms with E-state index in [1.807, 2.05) is 30.0 Å². The molecule has 1 aliphatic heterocycles. The van der Waals surface area contributed by atoms with Gasteiger partial charge in [-0.3, -0.25) is 0 Å². The molecule has 0 radical (unpaired) electrons. The molecule has 2 heterocycles. The SMILES string of the molecule is CCc1ccc(-c2noc(C3=C(C)N(Cc4ccccc4F)C(=S)NC3c3ccc(C)cc3)n2)cc1. The number of aryl methyl sites for hydroxylation is 2. The Labute approximate surface area is 215 Å². The van der Waals surface area contributed by atoms with Crippen LogP contribution in [0.4, 0.5) is 4.39 Å². The first kappa shape index (κ1) is 23.9. The van der Waals surface area contributed by atoms with Crippen molar-refractivity contribution in [2.24, 2.45) is 0 Å². The number of thiocarbonyl (C=S) groups is 1. The highest BCUT2D eigenvalue weighted by Crippen LogP contribution is 2.38. The van der Waals surface area contributed by atoms with E-state index in [1.165, 1.54) is 11.6 Å². The Hall–Kier alpha value is -3.84. The monoisotopic (exact) mass is 498 g/mol. The number of nitrogens with one attached hydrogen (secondary N) is 1. The first-order chi connectivity index (χ1) is 17.4. The third kappa shape index (κ3) is 4.66. The molecule has 1 unspecified atom stereocenters. The molecule has 4 aromatic rings. The normalized spacial score (nSPS) is 15.8. The van der Waals surface area contributed by atoms with Crippen LogP contribution in [-0.2, 0) is 13.0 Å². The molecule has 182 valence electrons. The van der Waals surface area contributed by atoms with E-state index in [4.69, 9.17) is 21.7 Å². The van der Waals surface area contributed by atoms with Crippen LogP contribution in [0.5, 0.6) is 0 Å². The van der Waals surface area contributed by atoms with Gasteiger partial charge in [0, 0.05) is 16.8 Å². The minimum atomic E-state index is -0.286. The molecule has 0 spiro atoms. The van der Waals surface area contributed by atoms with Crippen molar-refractivity contribution in [3.8, 4) is 11.4 Å². The van der Waals surface area contributed by atoms with Crippen LogP contribution in [0.3, 0.4) is 0 Å². The Morgan fingerprint density at radius 1 is 1.00 bits per heavy atom. The fraction of sp³-hybridized carbons (Fsp3) is 0.207. The smallest absolute Gasteiger partial charge is 0.258 e.